The van der Waals surface area contributed by atoms with E-state index in [0.717, 1.165) is 24.1 Å². The number of nitrogens with zero attached hydrogens (tertiary/aromatic N) is 2. The number of fused-ring (bicyclic) bond motifs is 1. The zero-order valence-corrected chi connectivity index (χ0v) is 18.2. The molecule has 164 valence electrons. The van der Waals surface area contributed by atoms with E-state index in [9.17, 15) is 14.4 Å². The smallest absolute Gasteiger partial charge is 0.282 e. The Balaban J connectivity index is 1.65. The molecule has 0 unspecified atom stereocenters. The average Bonchev–Trinajstić information content (AvgIpc) is 3.09. The molecule has 0 bridgehead atoms. The quantitative estimate of drug-likeness (QED) is 0.615. The lowest BCUT2D eigenvalue weighted by Crippen LogP contribution is -2.37. The Labute approximate surface area is 192 Å². The van der Waals surface area contributed by atoms with Crippen molar-refractivity contribution in [3.63, 3.8) is 0 Å². The third-order valence-electron chi connectivity index (χ3n) is 5.95. The maximum absolute atomic E-state index is 13.8. The summed E-state index contributed by atoms with van der Waals surface area (Å²) in [6, 6.07) is 24.1. The van der Waals surface area contributed by atoms with Gasteiger partial charge in [-0.25, -0.2) is 4.90 Å². The van der Waals surface area contributed by atoms with E-state index >= 15 is 0 Å². The number of imide groups is 1. The number of carbonyl (C=O) groups is 3. The minimum Gasteiger partial charge on any atom is -0.336 e. The molecule has 0 saturated heterocycles. The van der Waals surface area contributed by atoms with E-state index in [1.165, 1.54) is 11.8 Å². The summed E-state index contributed by atoms with van der Waals surface area (Å²) in [5, 5.41) is 2.74. The van der Waals surface area contributed by atoms with Crippen molar-refractivity contribution in [1.29, 1.82) is 0 Å². The van der Waals surface area contributed by atoms with Gasteiger partial charge in [0, 0.05) is 24.8 Å². The maximum atomic E-state index is 13.8. The van der Waals surface area contributed by atoms with Gasteiger partial charge in [-0.05, 0) is 54.3 Å². The predicted molar refractivity (Wildman–Crippen MR) is 129 cm³/mol. The molecule has 0 fully saturated rings. The molecule has 0 saturated carbocycles. The molecule has 0 radical (unpaired) electrons. The lowest BCUT2D eigenvalue weighted by molar-refractivity contribution is -0.120. The molecule has 2 aliphatic rings. The fraction of sp³-hybridized carbons (Fsp3) is 0.148. The number of nitrogens with one attached hydrogen (secondary N) is 1. The highest BCUT2D eigenvalue weighted by molar-refractivity contribution is 6.46. The largest absolute Gasteiger partial charge is 0.336 e. The van der Waals surface area contributed by atoms with Crippen LogP contribution in [0.5, 0.6) is 0 Å². The Bertz CT molecular complexity index is 1280. The van der Waals surface area contributed by atoms with Crippen molar-refractivity contribution < 1.29 is 14.4 Å². The summed E-state index contributed by atoms with van der Waals surface area (Å²) in [6.07, 6.45) is 1.83. The van der Waals surface area contributed by atoms with Crippen molar-refractivity contribution in [1.82, 2.24) is 0 Å². The number of carbonyl (C=O) groups excluding carboxylic acids is 3. The summed E-state index contributed by atoms with van der Waals surface area (Å²) in [4.78, 5) is 42.1. The molecule has 6 nitrogen and oxygen atoms in total. The van der Waals surface area contributed by atoms with Crippen LogP contribution < -0.4 is 15.1 Å². The van der Waals surface area contributed by atoms with Crippen LogP contribution in [0.1, 0.15) is 24.5 Å². The van der Waals surface area contributed by atoms with Crippen LogP contribution in [0.25, 0.3) is 5.57 Å². The molecule has 1 N–H and O–H groups in total. The number of hydrogen-bond acceptors (Lipinski definition) is 4. The van der Waals surface area contributed by atoms with E-state index in [0.29, 0.717) is 34.8 Å². The first-order valence-corrected chi connectivity index (χ1v) is 11.0. The topological polar surface area (TPSA) is 69.7 Å². The SMILES string of the molecule is CC(=O)Nc1ccc(C2=C(N3CCCc4ccccc43)C(=O)N(c3ccccc3)C2=O)cc1. The van der Waals surface area contributed by atoms with Crippen molar-refractivity contribution in [2.45, 2.75) is 19.8 Å². The number of para-hydroxylation sites is 2. The first kappa shape index (κ1) is 20.7. The third-order valence-corrected chi connectivity index (χ3v) is 5.95. The minimum absolute atomic E-state index is 0.171. The minimum atomic E-state index is -0.350. The first-order chi connectivity index (χ1) is 16.0. The van der Waals surface area contributed by atoms with Gasteiger partial charge in [0.05, 0.1) is 11.3 Å². The van der Waals surface area contributed by atoms with E-state index in [2.05, 4.69) is 11.4 Å². The molecular formula is C27H23N3O3. The van der Waals surface area contributed by atoms with Crippen molar-refractivity contribution in [3.05, 3.63) is 95.7 Å². The summed E-state index contributed by atoms with van der Waals surface area (Å²) in [5.41, 5.74) is 4.70. The molecule has 0 aromatic heterocycles. The van der Waals surface area contributed by atoms with Gasteiger partial charge < -0.3 is 10.2 Å². The van der Waals surface area contributed by atoms with Crippen molar-refractivity contribution in [3.8, 4) is 0 Å². The van der Waals surface area contributed by atoms with Gasteiger partial charge in [-0.2, -0.15) is 0 Å². The van der Waals surface area contributed by atoms with Gasteiger partial charge in [0.25, 0.3) is 11.8 Å². The van der Waals surface area contributed by atoms with Crippen LogP contribution in [-0.4, -0.2) is 24.3 Å². The fourth-order valence-electron chi connectivity index (χ4n) is 4.53. The van der Waals surface area contributed by atoms with Crippen LogP contribution in [-0.2, 0) is 20.8 Å². The zero-order chi connectivity index (χ0) is 22.9. The van der Waals surface area contributed by atoms with Crippen LogP contribution >= 0.6 is 0 Å². The number of benzene rings is 3. The molecule has 6 heteroatoms. The zero-order valence-electron chi connectivity index (χ0n) is 18.2. The maximum Gasteiger partial charge on any atom is 0.282 e. The predicted octanol–water partition coefficient (Wildman–Crippen LogP) is 4.38. The Kier molecular flexibility index (Phi) is 5.26. The van der Waals surface area contributed by atoms with Gasteiger partial charge in [-0.3, -0.25) is 14.4 Å². The van der Waals surface area contributed by atoms with Crippen LogP contribution in [0, 0.1) is 0 Å². The normalized spacial score (nSPS) is 15.7. The van der Waals surface area contributed by atoms with Gasteiger partial charge in [-0.1, -0.05) is 48.5 Å². The number of aryl methyl sites for hydroxylation is 1. The van der Waals surface area contributed by atoms with Gasteiger partial charge in [0.2, 0.25) is 5.91 Å². The third kappa shape index (κ3) is 3.69. The standard InChI is InChI=1S/C27H23N3O3/c1-18(31)28-21-15-13-20(14-16-21)24-25(29-17-7-9-19-8-5-6-12-23(19)29)27(33)30(26(24)32)22-10-3-2-4-11-22/h2-6,8,10-16H,7,9,17H2,1H3,(H,28,31). The van der Waals surface area contributed by atoms with Crippen LogP contribution in [0.2, 0.25) is 0 Å². The average molecular weight is 437 g/mol. The van der Waals surface area contributed by atoms with E-state index in [4.69, 9.17) is 0 Å². The summed E-state index contributed by atoms with van der Waals surface area (Å²) in [6.45, 7) is 2.10. The van der Waals surface area contributed by atoms with Gasteiger partial charge in [0.15, 0.2) is 0 Å². The van der Waals surface area contributed by atoms with E-state index < -0.39 is 0 Å². The Morgan fingerprint density at radius 3 is 2.27 bits per heavy atom. The Morgan fingerprint density at radius 1 is 0.848 bits per heavy atom. The number of anilines is 3. The second-order valence-corrected chi connectivity index (χ2v) is 8.15. The van der Waals surface area contributed by atoms with Crippen LogP contribution in [0.15, 0.2) is 84.6 Å². The molecular weight excluding hydrogens is 414 g/mol. The van der Waals surface area contributed by atoms with E-state index in [1.807, 2.05) is 41.3 Å². The second-order valence-electron chi connectivity index (χ2n) is 8.15. The first-order valence-electron chi connectivity index (χ1n) is 11.0. The Morgan fingerprint density at radius 2 is 1.55 bits per heavy atom. The van der Waals surface area contributed by atoms with Gasteiger partial charge >= 0.3 is 0 Å². The van der Waals surface area contributed by atoms with Crippen molar-refractivity contribution in [2.24, 2.45) is 0 Å². The summed E-state index contributed by atoms with van der Waals surface area (Å²) in [7, 11) is 0. The van der Waals surface area contributed by atoms with Crippen molar-refractivity contribution in [2.75, 3.05) is 21.7 Å². The molecule has 33 heavy (non-hydrogen) atoms. The molecule has 3 aromatic carbocycles. The second kappa shape index (κ2) is 8.39. The molecule has 0 aliphatic carbocycles. The number of hydrogen-bond donors (Lipinski definition) is 1. The molecule has 0 spiro atoms. The number of amides is 3. The summed E-state index contributed by atoms with van der Waals surface area (Å²) in [5.74, 6) is -0.852. The highest BCUT2D eigenvalue weighted by Gasteiger charge is 2.43. The summed E-state index contributed by atoms with van der Waals surface area (Å²) >= 11 is 0. The molecule has 3 amide bonds. The molecule has 0 atom stereocenters. The van der Waals surface area contributed by atoms with E-state index in [-0.39, 0.29) is 17.7 Å². The fourth-order valence-corrected chi connectivity index (χ4v) is 4.53. The Hall–Kier alpha value is -4.19. The van der Waals surface area contributed by atoms with Crippen molar-refractivity contribution >= 4 is 40.4 Å². The molecule has 2 heterocycles. The highest BCUT2D eigenvalue weighted by atomic mass is 16.2. The molecule has 2 aliphatic heterocycles. The van der Waals surface area contributed by atoms with E-state index in [1.54, 1.807) is 36.4 Å². The number of rotatable bonds is 4. The van der Waals surface area contributed by atoms with Gasteiger partial charge in [-0.15, -0.1) is 0 Å². The van der Waals surface area contributed by atoms with Gasteiger partial charge in [0.1, 0.15) is 5.70 Å². The molecule has 3 aromatic rings. The lowest BCUT2D eigenvalue weighted by atomic mass is 9.98. The van der Waals surface area contributed by atoms with Crippen LogP contribution in [0.4, 0.5) is 17.1 Å². The highest BCUT2D eigenvalue weighted by Crippen LogP contribution is 2.39. The summed E-state index contributed by atoms with van der Waals surface area (Å²) < 4.78 is 0. The molecule has 5 rings (SSSR count). The lowest BCUT2D eigenvalue weighted by Gasteiger charge is -2.32. The van der Waals surface area contributed by atoms with Crippen LogP contribution in [0.3, 0.4) is 0 Å². The monoisotopic (exact) mass is 437 g/mol.